The molecule has 0 amide bonds. The molecule has 304 valence electrons. The average molecular weight is 737 g/mol. The molecule has 0 saturated carbocycles. The first-order valence-corrected chi connectivity index (χ1v) is 22.2. The fraction of sp³-hybridized carbons (Fsp3) is 0.694. The van der Waals surface area contributed by atoms with Crippen molar-refractivity contribution in [3.8, 4) is 0 Å². The van der Waals surface area contributed by atoms with Crippen molar-refractivity contribution in [1.29, 1.82) is 0 Å². The molecule has 4 nitrogen and oxygen atoms in total. The summed E-state index contributed by atoms with van der Waals surface area (Å²) in [6.07, 6.45) is 63.6. The third kappa shape index (κ3) is 43.9. The predicted molar refractivity (Wildman–Crippen MR) is 232 cm³/mol. The lowest BCUT2D eigenvalue weighted by Gasteiger charge is -2.16. The maximum absolute atomic E-state index is 12.2. The first kappa shape index (κ1) is 50.6. The number of ether oxygens (including phenoxy) is 2. The number of carbonyl (C=O) groups is 1. The Morgan fingerprint density at radius 2 is 0.792 bits per heavy atom. The minimum atomic E-state index is -0.546. The largest absolute Gasteiger partial charge is 0.457 e. The number of allylic oxidation sites excluding steroid dienone is 14. The van der Waals surface area contributed by atoms with Crippen LogP contribution in [0, 0.1) is 0 Å². The van der Waals surface area contributed by atoms with Gasteiger partial charge in [-0.3, -0.25) is 4.79 Å². The zero-order valence-electron chi connectivity index (χ0n) is 34.8. The maximum atomic E-state index is 12.2. The molecule has 1 unspecified atom stereocenters. The quantitative estimate of drug-likeness (QED) is 0.0387. The molecule has 0 aromatic heterocycles. The van der Waals surface area contributed by atoms with Crippen LogP contribution in [0.15, 0.2) is 85.1 Å². The van der Waals surface area contributed by atoms with Crippen molar-refractivity contribution < 1.29 is 19.4 Å². The molecule has 0 bridgehead atoms. The lowest BCUT2D eigenvalue weighted by Crippen LogP contribution is -2.27. The highest BCUT2D eigenvalue weighted by atomic mass is 16.6. The van der Waals surface area contributed by atoms with Crippen LogP contribution in [0.3, 0.4) is 0 Å². The third-order valence-corrected chi connectivity index (χ3v) is 9.22. The summed E-state index contributed by atoms with van der Waals surface area (Å²) in [5.41, 5.74) is 0. The summed E-state index contributed by atoms with van der Waals surface area (Å²) in [6.45, 7) is 5.10. The minimum absolute atomic E-state index is 0.181. The molecule has 0 aromatic rings. The Morgan fingerprint density at radius 1 is 0.453 bits per heavy atom. The van der Waals surface area contributed by atoms with Gasteiger partial charge in [0.2, 0.25) is 0 Å². The minimum Gasteiger partial charge on any atom is -0.457 e. The predicted octanol–water partition coefficient (Wildman–Crippen LogP) is 14.8. The van der Waals surface area contributed by atoms with E-state index in [9.17, 15) is 9.90 Å². The summed E-state index contributed by atoms with van der Waals surface area (Å²) in [4.78, 5) is 12.2. The molecule has 0 aromatic carbocycles. The second kappa shape index (κ2) is 45.7. The smallest absolute Gasteiger partial charge is 0.306 e. The molecule has 0 heterocycles. The molecule has 0 spiro atoms. The third-order valence-electron chi connectivity index (χ3n) is 9.22. The summed E-state index contributed by atoms with van der Waals surface area (Å²) in [6, 6.07) is 0. The van der Waals surface area contributed by atoms with Crippen LogP contribution < -0.4 is 0 Å². The monoisotopic (exact) mass is 737 g/mol. The zero-order valence-corrected chi connectivity index (χ0v) is 34.8. The molecule has 1 N–H and O–H groups in total. The molecule has 0 saturated heterocycles. The van der Waals surface area contributed by atoms with Gasteiger partial charge in [0, 0.05) is 13.0 Å². The lowest BCUT2D eigenvalue weighted by molar-refractivity contribution is -0.154. The van der Waals surface area contributed by atoms with E-state index in [0.29, 0.717) is 13.0 Å². The van der Waals surface area contributed by atoms with Gasteiger partial charge >= 0.3 is 5.97 Å². The molecule has 0 aliphatic carbocycles. The second-order valence-corrected chi connectivity index (χ2v) is 14.4. The van der Waals surface area contributed by atoms with Crippen LogP contribution in [0.5, 0.6) is 0 Å². The number of carbonyl (C=O) groups excluding carboxylic acids is 1. The Bertz CT molecular complexity index is 954. The fourth-order valence-electron chi connectivity index (χ4n) is 5.98. The first-order chi connectivity index (χ1) is 26.2. The van der Waals surface area contributed by atoms with E-state index in [2.05, 4.69) is 98.9 Å². The summed E-state index contributed by atoms with van der Waals surface area (Å²) in [5, 5.41) is 9.61. The van der Waals surface area contributed by atoms with Crippen LogP contribution >= 0.6 is 0 Å². The van der Waals surface area contributed by atoms with E-state index in [1.165, 1.54) is 109 Å². The van der Waals surface area contributed by atoms with Crippen molar-refractivity contribution in [2.45, 2.75) is 200 Å². The molecular formula is C49H84O4. The van der Waals surface area contributed by atoms with E-state index in [-0.39, 0.29) is 19.2 Å². The van der Waals surface area contributed by atoms with Crippen molar-refractivity contribution in [2.75, 3.05) is 19.8 Å². The molecule has 0 radical (unpaired) electrons. The van der Waals surface area contributed by atoms with Crippen LogP contribution in [-0.2, 0) is 14.3 Å². The Hall–Kier alpha value is -2.43. The van der Waals surface area contributed by atoms with Crippen molar-refractivity contribution in [3.05, 3.63) is 85.1 Å². The molecular weight excluding hydrogens is 653 g/mol. The van der Waals surface area contributed by atoms with Gasteiger partial charge in [0.1, 0.15) is 6.10 Å². The van der Waals surface area contributed by atoms with Crippen molar-refractivity contribution in [1.82, 2.24) is 0 Å². The molecule has 53 heavy (non-hydrogen) atoms. The van der Waals surface area contributed by atoms with Crippen molar-refractivity contribution in [3.63, 3.8) is 0 Å². The van der Waals surface area contributed by atoms with Gasteiger partial charge in [-0.25, -0.2) is 0 Å². The maximum Gasteiger partial charge on any atom is 0.306 e. The number of aliphatic hydroxyl groups is 1. The topological polar surface area (TPSA) is 55.8 Å². The molecule has 0 aliphatic rings. The van der Waals surface area contributed by atoms with Crippen molar-refractivity contribution >= 4 is 5.97 Å². The van der Waals surface area contributed by atoms with E-state index in [1.807, 2.05) is 0 Å². The average Bonchev–Trinajstić information content (AvgIpc) is 3.16. The van der Waals surface area contributed by atoms with Gasteiger partial charge in [-0.2, -0.15) is 0 Å². The van der Waals surface area contributed by atoms with Gasteiger partial charge in [0.15, 0.2) is 0 Å². The Balaban J connectivity index is 3.46. The SMILES string of the molecule is CC/C=C\C/C=C\C/C=C\C/C=C\CCCCCCCCCCCCCOCC(CO)OC(=O)CCCCCCCCC/C=C\C/C=C\C/C=C\CC. The van der Waals surface area contributed by atoms with Gasteiger partial charge in [-0.15, -0.1) is 0 Å². The normalized spacial score (nSPS) is 13.2. The van der Waals surface area contributed by atoms with E-state index in [0.717, 1.165) is 64.2 Å². The van der Waals surface area contributed by atoms with E-state index in [1.54, 1.807) is 0 Å². The number of esters is 1. The molecule has 4 heteroatoms. The number of aliphatic hydroxyl groups excluding tert-OH is 1. The fourth-order valence-corrected chi connectivity index (χ4v) is 5.98. The van der Waals surface area contributed by atoms with Gasteiger partial charge in [0.05, 0.1) is 13.2 Å². The van der Waals surface area contributed by atoms with Crippen LogP contribution in [0.25, 0.3) is 0 Å². The highest BCUT2D eigenvalue weighted by Crippen LogP contribution is 2.13. The molecule has 0 fully saturated rings. The summed E-state index contributed by atoms with van der Waals surface area (Å²) < 4.78 is 11.2. The lowest BCUT2D eigenvalue weighted by atomic mass is 10.1. The molecule has 0 rings (SSSR count). The first-order valence-electron chi connectivity index (χ1n) is 22.2. The number of unbranched alkanes of at least 4 members (excludes halogenated alkanes) is 18. The zero-order chi connectivity index (χ0) is 38.4. The highest BCUT2D eigenvalue weighted by Gasteiger charge is 2.13. The van der Waals surface area contributed by atoms with E-state index >= 15 is 0 Å². The van der Waals surface area contributed by atoms with E-state index < -0.39 is 6.10 Å². The molecule has 0 aliphatic heterocycles. The number of hydrogen-bond acceptors (Lipinski definition) is 4. The molecule has 1 atom stereocenters. The summed E-state index contributed by atoms with van der Waals surface area (Å²) in [5.74, 6) is -0.214. The van der Waals surface area contributed by atoms with Crippen LogP contribution in [-0.4, -0.2) is 37.0 Å². The number of rotatable bonds is 40. The number of hydrogen-bond donors (Lipinski definition) is 1. The van der Waals surface area contributed by atoms with E-state index in [4.69, 9.17) is 9.47 Å². The van der Waals surface area contributed by atoms with Crippen LogP contribution in [0.4, 0.5) is 0 Å². The highest BCUT2D eigenvalue weighted by molar-refractivity contribution is 5.69. The Morgan fingerprint density at radius 3 is 1.19 bits per heavy atom. The van der Waals surface area contributed by atoms with Gasteiger partial charge in [-0.05, 0) is 83.5 Å². The second-order valence-electron chi connectivity index (χ2n) is 14.4. The standard InChI is InChI=1S/C49H84O4/c1-3-5-7-9-11-13-15-17-19-21-22-23-24-25-26-27-29-31-33-35-37-39-41-43-45-52-47-48(46-50)53-49(51)44-42-40-38-36-34-32-30-28-20-18-16-14-12-10-8-6-4-2/h5-8,11-14,17-20,22-23,48,50H,3-4,9-10,15-16,21,24-47H2,1-2H3/b7-5-,8-6-,13-11-,14-12-,19-17-,20-18-,23-22-. The van der Waals surface area contributed by atoms with Crippen LogP contribution in [0.2, 0.25) is 0 Å². The van der Waals surface area contributed by atoms with Gasteiger partial charge in [0.25, 0.3) is 0 Å². The Kier molecular flexibility index (Phi) is 43.6. The Labute approximate surface area is 329 Å². The summed E-state index contributed by atoms with van der Waals surface area (Å²) >= 11 is 0. The van der Waals surface area contributed by atoms with Crippen molar-refractivity contribution in [2.24, 2.45) is 0 Å². The van der Waals surface area contributed by atoms with Gasteiger partial charge in [-0.1, -0.05) is 189 Å². The van der Waals surface area contributed by atoms with Gasteiger partial charge < -0.3 is 14.6 Å². The van der Waals surface area contributed by atoms with Crippen LogP contribution in [0.1, 0.15) is 194 Å². The summed E-state index contributed by atoms with van der Waals surface area (Å²) in [7, 11) is 0.